The number of nitrogens with one attached hydrogen (secondary N) is 1. The van der Waals surface area contributed by atoms with Gasteiger partial charge in [-0.15, -0.1) is 0 Å². The van der Waals surface area contributed by atoms with E-state index in [1.165, 1.54) is 0 Å². The predicted molar refractivity (Wildman–Crippen MR) is 85.3 cm³/mol. The topological polar surface area (TPSA) is 82.8 Å². The fourth-order valence-electron chi connectivity index (χ4n) is 2.25. The summed E-state index contributed by atoms with van der Waals surface area (Å²) in [5, 5.41) is 11.5. The van der Waals surface area contributed by atoms with Crippen LogP contribution >= 0.6 is 11.6 Å². The third-order valence-electron chi connectivity index (χ3n) is 3.42. The first-order valence-corrected chi connectivity index (χ1v) is 7.13. The molecule has 0 aliphatic heterocycles. The van der Waals surface area contributed by atoms with Gasteiger partial charge < -0.3 is 5.32 Å². The molecule has 2 aromatic rings. The van der Waals surface area contributed by atoms with Crippen molar-refractivity contribution < 1.29 is 9.59 Å². The molecule has 0 unspecified atom stereocenters. The first-order valence-electron chi connectivity index (χ1n) is 6.75. The summed E-state index contributed by atoms with van der Waals surface area (Å²) in [6.45, 7) is 1.74. The van der Waals surface area contributed by atoms with Gasteiger partial charge in [-0.2, -0.15) is 5.26 Å². The number of Topliss-reactive ketones (excluding diaryl/α,β-unsaturated/α-hetero) is 2. The van der Waals surface area contributed by atoms with Crippen molar-refractivity contribution >= 4 is 28.9 Å². The van der Waals surface area contributed by atoms with E-state index in [4.69, 9.17) is 16.9 Å². The van der Waals surface area contributed by atoms with E-state index >= 15 is 0 Å². The molecular formula is C17H10ClN3O2. The van der Waals surface area contributed by atoms with Crippen molar-refractivity contribution in [2.24, 2.45) is 0 Å². The van der Waals surface area contributed by atoms with Gasteiger partial charge in [-0.3, -0.25) is 9.59 Å². The van der Waals surface area contributed by atoms with E-state index in [1.54, 1.807) is 43.3 Å². The zero-order valence-electron chi connectivity index (χ0n) is 12.1. The number of benzene rings is 1. The summed E-state index contributed by atoms with van der Waals surface area (Å²) < 4.78 is 0. The van der Waals surface area contributed by atoms with Gasteiger partial charge in [0.25, 0.3) is 0 Å². The van der Waals surface area contributed by atoms with Crippen LogP contribution in [0.5, 0.6) is 0 Å². The highest BCUT2D eigenvalue weighted by molar-refractivity contribution is 6.50. The van der Waals surface area contributed by atoms with Gasteiger partial charge in [-0.1, -0.05) is 11.6 Å². The molecule has 1 aromatic heterocycles. The maximum absolute atomic E-state index is 12.6. The average molecular weight is 324 g/mol. The molecule has 0 fully saturated rings. The summed E-state index contributed by atoms with van der Waals surface area (Å²) in [5.74, 6) is -0.873. The Kier molecular flexibility index (Phi) is 3.68. The zero-order chi connectivity index (χ0) is 16.6. The number of allylic oxidation sites excluding steroid dienone is 2. The summed E-state index contributed by atoms with van der Waals surface area (Å²) in [5.41, 5.74) is 2.00. The van der Waals surface area contributed by atoms with E-state index in [0.29, 0.717) is 16.9 Å². The first-order chi connectivity index (χ1) is 11.0. The van der Waals surface area contributed by atoms with Gasteiger partial charge in [-0.05, 0) is 43.3 Å². The Morgan fingerprint density at radius 1 is 1.09 bits per heavy atom. The molecule has 1 aliphatic carbocycles. The number of carbonyl (C=O) groups excluding carboxylic acids is 2. The second kappa shape index (κ2) is 5.67. The molecule has 0 saturated carbocycles. The number of pyridine rings is 1. The van der Waals surface area contributed by atoms with Gasteiger partial charge in [0.15, 0.2) is 0 Å². The maximum atomic E-state index is 12.6. The van der Waals surface area contributed by atoms with Crippen LogP contribution in [0.1, 0.15) is 32.1 Å². The molecule has 23 heavy (non-hydrogen) atoms. The highest BCUT2D eigenvalue weighted by Crippen LogP contribution is 2.28. The van der Waals surface area contributed by atoms with Gasteiger partial charge in [0.2, 0.25) is 11.6 Å². The highest BCUT2D eigenvalue weighted by atomic mass is 35.5. The van der Waals surface area contributed by atoms with E-state index in [1.807, 2.05) is 6.07 Å². The second-order valence-electron chi connectivity index (χ2n) is 5.01. The zero-order valence-corrected chi connectivity index (χ0v) is 12.8. The number of aryl methyl sites for hydroxylation is 1. The van der Waals surface area contributed by atoms with Crippen LogP contribution in [0.4, 0.5) is 5.69 Å². The van der Waals surface area contributed by atoms with Crippen molar-refractivity contribution in [3.8, 4) is 6.07 Å². The minimum Gasteiger partial charge on any atom is -0.351 e. The number of fused-ring (bicyclic) bond motifs is 1. The van der Waals surface area contributed by atoms with Crippen LogP contribution in [0.2, 0.25) is 0 Å². The van der Waals surface area contributed by atoms with E-state index in [9.17, 15) is 9.59 Å². The Morgan fingerprint density at radius 2 is 1.78 bits per heavy atom. The molecule has 1 heterocycles. The number of carbonyl (C=O) groups is 2. The summed E-state index contributed by atoms with van der Waals surface area (Å²) in [6.07, 6.45) is 0. The van der Waals surface area contributed by atoms with Crippen LogP contribution < -0.4 is 5.32 Å². The van der Waals surface area contributed by atoms with Crippen molar-refractivity contribution in [3.63, 3.8) is 0 Å². The number of nitriles is 1. The third kappa shape index (κ3) is 2.60. The van der Waals surface area contributed by atoms with Crippen LogP contribution in [0.15, 0.2) is 47.1 Å². The van der Waals surface area contributed by atoms with E-state index < -0.39 is 5.78 Å². The number of hydrogen-bond donors (Lipinski definition) is 1. The molecule has 3 rings (SSSR count). The standard InChI is InChI=1S/C17H10ClN3O2/c1-9-2-7-12-14(20-9)17(23)13(18)15(16(12)22)21-11-5-3-10(8-19)4-6-11/h2-7,21H,1H3. The third-order valence-corrected chi connectivity index (χ3v) is 3.78. The molecule has 112 valence electrons. The largest absolute Gasteiger partial charge is 0.351 e. The fourth-order valence-corrected chi connectivity index (χ4v) is 2.47. The fraction of sp³-hybridized carbons (Fsp3) is 0.0588. The quantitative estimate of drug-likeness (QED) is 0.917. The van der Waals surface area contributed by atoms with Gasteiger partial charge in [-0.25, -0.2) is 4.98 Å². The van der Waals surface area contributed by atoms with E-state index in [2.05, 4.69) is 10.3 Å². The summed E-state index contributed by atoms with van der Waals surface area (Å²) >= 11 is 6.07. The first kappa shape index (κ1) is 14.9. The van der Waals surface area contributed by atoms with Crippen molar-refractivity contribution in [3.05, 3.63) is 69.6 Å². The smallest absolute Gasteiger partial charge is 0.225 e. The van der Waals surface area contributed by atoms with Crippen LogP contribution in [-0.2, 0) is 0 Å². The van der Waals surface area contributed by atoms with Crippen molar-refractivity contribution in [2.75, 3.05) is 5.32 Å². The van der Waals surface area contributed by atoms with Crippen LogP contribution in [0, 0.1) is 18.3 Å². The lowest BCUT2D eigenvalue weighted by Gasteiger charge is -2.18. The maximum Gasteiger partial charge on any atom is 0.225 e. The molecule has 0 atom stereocenters. The molecule has 0 bridgehead atoms. The van der Waals surface area contributed by atoms with Crippen LogP contribution in [0.3, 0.4) is 0 Å². The normalized spacial score (nSPS) is 13.6. The van der Waals surface area contributed by atoms with Gasteiger partial charge >= 0.3 is 0 Å². The monoisotopic (exact) mass is 323 g/mol. The van der Waals surface area contributed by atoms with Gasteiger partial charge in [0.05, 0.1) is 17.2 Å². The molecular weight excluding hydrogens is 314 g/mol. The molecule has 1 aromatic carbocycles. The molecule has 0 spiro atoms. The lowest BCUT2D eigenvalue weighted by atomic mass is 9.96. The molecule has 0 saturated heterocycles. The lowest BCUT2D eigenvalue weighted by molar-refractivity contribution is 0.0978. The van der Waals surface area contributed by atoms with Gasteiger partial charge in [0.1, 0.15) is 16.4 Å². The number of ketones is 2. The van der Waals surface area contributed by atoms with Crippen LogP contribution in [-0.4, -0.2) is 16.6 Å². The molecule has 1 N–H and O–H groups in total. The predicted octanol–water partition coefficient (Wildman–Crippen LogP) is 3.20. The number of anilines is 1. The molecule has 1 aliphatic rings. The SMILES string of the molecule is Cc1ccc2c(n1)C(=O)C(Cl)=C(Nc1ccc(C#N)cc1)C2=O. The Morgan fingerprint density at radius 3 is 2.43 bits per heavy atom. The molecule has 0 amide bonds. The lowest BCUT2D eigenvalue weighted by Crippen LogP contribution is -2.25. The number of nitrogens with zero attached hydrogens (tertiary/aromatic N) is 2. The molecule has 0 radical (unpaired) electrons. The number of rotatable bonds is 2. The summed E-state index contributed by atoms with van der Waals surface area (Å²) in [4.78, 5) is 29.0. The van der Waals surface area contributed by atoms with Crippen molar-refractivity contribution in [1.82, 2.24) is 4.98 Å². The molecule has 5 nitrogen and oxygen atoms in total. The second-order valence-corrected chi connectivity index (χ2v) is 5.39. The Balaban J connectivity index is 2.01. The number of hydrogen-bond acceptors (Lipinski definition) is 5. The van der Waals surface area contributed by atoms with Gasteiger partial charge in [0, 0.05) is 11.4 Å². The Labute approximate surface area is 137 Å². The Hall–Kier alpha value is -2.97. The van der Waals surface area contributed by atoms with Crippen molar-refractivity contribution in [1.29, 1.82) is 5.26 Å². The minimum atomic E-state index is -0.485. The average Bonchev–Trinajstić information content (AvgIpc) is 2.57. The molecule has 6 heteroatoms. The Bertz CT molecular complexity index is 908. The summed E-state index contributed by atoms with van der Waals surface area (Å²) in [6, 6.07) is 11.7. The van der Waals surface area contributed by atoms with Crippen molar-refractivity contribution in [2.45, 2.75) is 6.92 Å². The van der Waals surface area contributed by atoms with E-state index in [0.717, 1.165) is 0 Å². The van der Waals surface area contributed by atoms with Crippen LogP contribution in [0.25, 0.3) is 0 Å². The summed E-state index contributed by atoms with van der Waals surface area (Å²) in [7, 11) is 0. The number of aromatic nitrogens is 1. The highest BCUT2D eigenvalue weighted by Gasteiger charge is 2.32. The number of halogens is 1. The van der Waals surface area contributed by atoms with E-state index in [-0.39, 0.29) is 27.8 Å². The minimum absolute atomic E-state index is 0.0135.